The SMILES string of the molecule is CCOc1ccccc1CNC(=O)[C@@H](C)N(c1ccc2c(c1)OCCO2)S(C)(=O)=O. The van der Waals surface area contributed by atoms with Gasteiger partial charge in [-0.25, -0.2) is 8.42 Å². The van der Waals surface area contributed by atoms with Crippen molar-refractivity contribution in [2.24, 2.45) is 0 Å². The van der Waals surface area contributed by atoms with Crippen molar-refractivity contribution in [3.8, 4) is 17.2 Å². The van der Waals surface area contributed by atoms with Crippen molar-refractivity contribution in [2.75, 3.05) is 30.4 Å². The van der Waals surface area contributed by atoms with E-state index in [0.29, 0.717) is 42.8 Å². The molecule has 8 nitrogen and oxygen atoms in total. The molecule has 2 aromatic carbocycles. The van der Waals surface area contributed by atoms with Crippen LogP contribution < -0.4 is 23.8 Å². The van der Waals surface area contributed by atoms with Gasteiger partial charge in [-0.15, -0.1) is 0 Å². The first-order valence-electron chi connectivity index (χ1n) is 9.68. The highest BCUT2D eigenvalue weighted by molar-refractivity contribution is 7.92. The Morgan fingerprint density at radius 1 is 1.17 bits per heavy atom. The lowest BCUT2D eigenvalue weighted by Gasteiger charge is -2.29. The summed E-state index contributed by atoms with van der Waals surface area (Å²) < 4.78 is 42.7. The molecule has 1 atom stereocenters. The minimum atomic E-state index is -3.74. The molecule has 30 heavy (non-hydrogen) atoms. The van der Waals surface area contributed by atoms with E-state index in [1.54, 1.807) is 25.1 Å². The van der Waals surface area contributed by atoms with E-state index in [0.717, 1.165) is 16.1 Å². The van der Waals surface area contributed by atoms with Gasteiger partial charge in [0.15, 0.2) is 11.5 Å². The van der Waals surface area contributed by atoms with Crippen LogP contribution in [-0.2, 0) is 21.4 Å². The van der Waals surface area contributed by atoms with Gasteiger partial charge in [-0.1, -0.05) is 18.2 Å². The van der Waals surface area contributed by atoms with Crippen LogP contribution in [0.4, 0.5) is 5.69 Å². The number of carbonyl (C=O) groups is 1. The van der Waals surface area contributed by atoms with E-state index in [1.807, 2.05) is 31.2 Å². The van der Waals surface area contributed by atoms with Gasteiger partial charge in [0.1, 0.15) is 25.0 Å². The summed E-state index contributed by atoms with van der Waals surface area (Å²) in [6.45, 7) is 4.97. The molecule has 0 fully saturated rings. The van der Waals surface area contributed by atoms with E-state index < -0.39 is 22.0 Å². The molecular formula is C21H26N2O6S. The maximum absolute atomic E-state index is 12.8. The Labute approximate surface area is 176 Å². The fourth-order valence-electron chi connectivity index (χ4n) is 3.25. The number of benzene rings is 2. The summed E-state index contributed by atoms with van der Waals surface area (Å²) in [5.41, 5.74) is 1.14. The number of fused-ring (bicyclic) bond motifs is 1. The van der Waals surface area contributed by atoms with Crippen LogP contribution in [0.3, 0.4) is 0 Å². The molecule has 1 amide bonds. The van der Waals surface area contributed by atoms with Gasteiger partial charge in [-0.05, 0) is 32.0 Å². The predicted molar refractivity (Wildman–Crippen MR) is 114 cm³/mol. The van der Waals surface area contributed by atoms with Crippen molar-refractivity contribution in [3.05, 3.63) is 48.0 Å². The summed E-state index contributed by atoms with van der Waals surface area (Å²) in [6.07, 6.45) is 1.07. The Balaban J connectivity index is 1.79. The van der Waals surface area contributed by atoms with Gasteiger partial charge in [0.25, 0.3) is 0 Å². The Morgan fingerprint density at radius 3 is 2.57 bits per heavy atom. The zero-order valence-corrected chi connectivity index (χ0v) is 18.1. The van der Waals surface area contributed by atoms with E-state index in [1.165, 1.54) is 0 Å². The number of amides is 1. The molecule has 0 aromatic heterocycles. The molecule has 1 N–H and O–H groups in total. The molecule has 0 unspecified atom stereocenters. The van der Waals surface area contributed by atoms with Gasteiger partial charge in [0, 0.05) is 18.2 Å². The normalized spacial score (nSPS) is 14.0. The molecule has 0 saturated heterocycles. The average Bonchev–Trinajstić information content (AvgIpc) is 2.72. The number of para-hydroxylation sites is 1. The largest absolute Gasteiger partial charge is 0.494 e. The minimum absolute atomic E-state index is 0.220. The van der Waals surface area contributed by atoms with Gasteiger partial charge in [0.2, 0.25) is 15.9 Å². The predicted octanol–water partition coefficient (Wildman–Crippen LogP) is 2.33. The molecule has 3 rings (SSSR count). The van der Waals surface area contributed by atoms with Gasteiger partial charge in [0.05, 0.1) is 18.6 Å². The summed E-state index contributed by atoms with van der Waals surface area (Å²) in [7, 11) is -3.74. The fourth-order valence-corrected chi connectivity index (χ4v) is 4.42. The number of anilines is 1. The molecule has 0 spiro atoms. The lowest BCUT2D eigenvalue weighted by molar-refractivity contribution is -0.122. The van der Waals surface area contributed by atoms with Gasteiger partial charge >= 0.3 is 0 Å². The van der Waals surface area contributed by atoms with Crippen LogP contribution in [-0.4, -0.2) is 46.4 Å². The fraction of sp³-hybridized carbons (Fsp3) is 0.381. The molecule has 0 bridgehead atoms. The summed E-state index contributed by atoms with van der Waals surface area (Å²) in [5.74, 6) is 1.25. The number of carbonyl (C=O) groups excluding carboxylic acids is 1. The second-order valence-corrected chi connectivity index (χ2v) is 8.68. The smallest absolute Gasteiger partial charge is 0.243 e. The first-order chi connectivity index (χ1) is 14.3. The number of nitrogens with one attached hydrogen (secondary N) is 1. The summed E-state index contributed by atoms with van der Waals surface area (Å²) in [5, 5.41) is 2.80. The van der Waals surface area contributed by atoms with E-state index >= 15 is 0 Å². The molecule has 0 radical (unpaired) electrons. The molecular weight excluding hydrogens is 408 g/mol. The van der Waals surface area contributed by atoms with Crippen molar-refractivity contribution in [1.29, 1.82) is 0 Å². The zero-order valence-electron chi connectivity index (χ0n) is 17.3. The zero-order chi connectivity index (χ0) is 21.7. The summed E-state index contributed by atoms with van der Waals surface area (Å²) in [6, 6.07) is 11.2. The lowest BCUT2D eigenvalue weighted by Crippen LogP contribution is -2.47. The van der Waals surface area contributed by atoms with Crippen LogP contribution in [0.5, 0.6) is 17.2 Å². The van der Waals surface area contributed by atoms with Crippen molar-refractivity contribution in [1.82, 2.24) is 5.32 Å². The molecule has 2 aromatic rings. The highest BCUT2D eigenvalue weighted by atomic mass is 32.2. The minimum Gasteiger partial charge on any atom is -0.494 e. The number of nitrogens with zero attached hydrogens (tertiary/aromatic N) is 1. The van der Waals surface area contributed by atoms with Crippen LogP contribution in [0, 0.1) is 0 Å². The van der Waals surface area contributed by atoms with E-state index in [-0.39, 0.29) is 6.54 Å². The second kappa shape index (κ2) is 9.25. The number of hydrogen-bond acceptors (Lipinski definition) is 6. The average molecular weight is 435 g/mol. The summed E-state index contributed by atoms with van der Waals surface area (Å²) >= 11 is 0. The molecule has 162 valence electrons. The van der Waals surface area contributed by atoms with E-state index in [2.05, 4.69) is 5.32 Å². The molecule has 1 aliphatic heterocycles. The standard InChI is InChI=1S/C21H26N2O6S/c1-4-27-18-8-6-5-7-16(18)14-22-21(24)15(2)23(30(3,25)26)17-9-10-19-20(13-17)29-12-11-28-19/h5-10,13,15H,4,11-12,14H2,1-3H3,(H,22,24)/t15-/m1/s1. The van der Waals surface area contributed by atoms with Gasteiger partial charge < -0.3 is 19.5 Å². The highest BCUT2D eigenvalue weighted by Gasteiger charge is 2.30. The third-order valence-electron chi connectivity index (χ3n) is 4.59. The van der Waals surface area contributed by atoms with Crippen molar-refractivity contribution in [3.63, 3.8) is 0 Å². The van der Waals surface area contributed by atoms with Crippen molar-refractivity contribution in [2.45, 2.75) is 26.4 Å². The Bertz CT molecular complexity index is 1010. The quantitative estimate of drug-likeness (QED) is 0.685. The van der Waals surface area contributed by atoms with E-state index in [9.17, 15) is 13.2 Å². The van der Waals surface area contributed by atoms with Crippen LogP contribution in [0.15, 0.2) is 42.5 Å². The monoisotopic (exact) mass is 434 g/mol. The first-order valence-corrected chi connectivity index (χ1v) is 11.5. The Morgan fingerprint density at radius 2 is 1.87 bits per heavy atom. The molecule has 0 aliphatic carbocycles. The van der Waals surface area contributed by atoms with Crippen LogP contribution in [0.25, 0.3) is 0 Å². The molecule has 1 heterocycles. The van der Waals surface area contributed by atoms with Gasteiger partial charge in [-0.3, -0.25) is 9.10 Å². The first kappa shape index (κ1) is 21.8. The maximum Gasteiger partial charge on any atom is 0.243 e. The number of rotatable bonds is 8. The number of sulfonamides is 1. The maximum atomic E-state index is 12.8. The van der Waals surface area contributed by atoms with Crippen LogP contribution in [0.1, 0.15) is 19.4 Å². The van der Waals surface area contributed by atoms with Crippen LogP contribution >= 0.6 is 0 Å². The third kappa shape index (κ3) is 4.96. The van der Waals surface area contributed by atoms with Crippen molar-refractivity contribution >= 4 is 21.6 Å². The molecule has 9 heteroatoms. The molecule has 0 saturated carbocycles. The van der Waals surface area contributed by atoms with Crippen molar-refractivity contribution < 1.29 is 27.4 Å². The Kier molecular flexibility index (Phi) is 6.71. The topological polar surface area (TPSA) is 94.2 Å². The second-order valence-electron chi connectivity index (χ2n) is 6.82. The third-order valence-corrected chi connectivity index (χ3v) is 5.84. The molecule has 1 aliphatic rings. The Hall–Kier alpha value is -2.94. The number of hydrogen-bond donors (Lipinski definition) is 1. The summed E-state index contributed by atoms with van der Waals surface area (Å²) in [4.78, 5) is 12.8. The van der Waals surface area contributed by atoms with Gasteiger partial charge in [-0.2, -0.15) is 0 Å². The number of ether oxygens (including phenoxy) is 3. The van der Waals surface area contributed by atoms with Crippen LogP contribution in [0.2, 0.25) is 0 Å². The van der Waals surface area contributed by atoms with E-state index in [4.69, 9.17) is 14.2 Å². The highest BCUT2D eigenvalue weighted by Crippen LogP contribution is 2.35. The lowest BCUT2D eigenvalue weighted by atomic mass is 10.2.